The summed E-state index contributed by atoms with van der Waals surface area (Å²) in [5.41, 5.74) is 6.67. The Kier molecular flexibility index (Phi) is 7.29. The van der Waals surface area contributed by atoms with Crippen LogP contribution in [0.25, 0.3) is 5.73 Å². The van der Waals surface area contributed by atoms with Crippen molar-refractivity contribution in [3.8, 4) is 0 Å². The quantitative estimate of drug-likeness (QED) is 0.483. The molecule has 0 unspecified atom stereocenters. The van der Waals surface area contributed by atoms with Crippen LogP contribution in [-0.4, -0.2) is 18.0 Å². The second kappa shape index (κ2) is 6.15. The zero-order chi connectivity index (χ0) is 8.15. The molecule has 0 aromatic carbocycles. The molecule has 0 amide bonds. The third-order valence-electron chi connectivity index (χ3n) is 0.922. The van der Waals surface area contributed by atoms with E-state index in [1.807, 2.05) is 0 Å². The van der Waals surface area contributed by atoms with E-state index in [4.69, 9.17) is 5.73 Å². The first-order valence-electron chi connectivity index (χ1n) is 2.66. The second-order valence-corrected chi connectivity index (χ2v) is 1.78. The summed E-state index contributed by atoms with van der Waals surface area (Å²) < 4.78 is 0. The van der Waals surface area contributed by atoms with Gasteiger partial charge in [0.1, 0.15) is 0 Å². The fourth-order valence-corrected chi connectivity index (χ4v) is 0.380. The largest absolute Gasteiger partial charge is 2.00 e. The van der Waals surface area contributed by atoms with Crippen LogP contribution >= 0.6 is 0 Å². The van der Waals surface area contributed by atoms with Crippen molar-refractivity contribution in [3.63, 3.8) is 0 Å². The molecule has 0 aromatic rings. The van der Waals surface area contributed by atoms with E-state index < -0.39 is 24.4 Å². The van der Waals surface area contributed by atoms with E-state index in [2.05, 4.69) is 0 Å². The number of carbonyl (C=O) groups excluding carboxylic acids is 2. The average Bonchev–Trinajstić information content (AvgIpc) is 1.82. The van der Waals surface area contributed by atoms with Crippen LogP contribution < -0.4 is 10.2 Å². The Bertz CT molecular complexity index is 149. The predicted octanol–water partition coefficient (Wildman–Crippen LogP) is -2.32. The van der Waals surface area contributed by atoms with E-state index in [1.54, 1.807) is 0 Å². The maximum Gasteiger partial charge on any atom is 2.00 e. The molecule has 0 fully saturated rings. The van der Waals surface area contributed by atoms with Crippen LogP contribution in [0.3, 0.4) is 0 Å². The van der Waals surface area contributed by atoms with Gasteiger partial charge in [0.25, 0.3) is 0 Å². The molecule has 0 saturated carbocycles. The molecule has 0 rings (SSSR count). The van der Waals surface area contributed by atoms with E-state index in [0.717, 1.165) is 0 Å². The summed E-state index contributed by atoms with van der Waals surface area (Å²) in [4.78, 5) is 19.5. The van der Waals surface area contributed by atoms with Gasteiger partial charge in [0.2, 0.25) is 0 Å². The number of hydrogen-bond acceptors (Lipinski definition) is 4. The minimum absolute atomic E-state index is 0. The summed E-state index contributed by atoms with van der Waals surface area (Å²) in [7, 11) is 0. The summed E-state index contributed by atoms with van der Waals surface area (Å²) in [5.74, 6) is -2.90. The molecular weight excluding hydrogens is 202 g/mol. The van der Waals surface area contributed by atoms with Gasteiger partial charge in [0.05, 0.1) is 0 Å². The SMILES string of the molecule is [Cu+2].[NH-][C@@H](CCC(=O)[O-])C(=O)[O-]. The second-order valence-electron chi connectivity index (χ2n) is 1.78. The van der Waals surface area contributed by atoms with Gasteiger partial charge in [-0.05, 0) is 6.42 Å². The van der Waals surface area contributed by atoms with Gasteiger partial charge in [-0.2, -0.15) is 0 Å². The molecule has 5 nitrogen and oxygen atoms in total. The molecule has 0 aromatic heterocycles. The van der Waals surface area contributed by atoms with Crippen LogP contribution in [-0.2, 0) is 26.7 Å². The van der Waals surface area contributed by atoms with Crippen LogP contribution in [0.15, 0.2) is 0 Å². The van der Waals surface area contributed by atoms with Crippen molar-refractivity contribution in [2.75, 3.05) is 0 Å². The van der Waals surface area contributed by atoms with Crippen LogP contribution in [0.5, 0.6) is 0 Å². The number of rotatable bonds is 4. The van der Waals surface area contributed by atoms with Crippen molar-refractivity contribution >= 4 is 11.9 Å². The maximum absolute atomic E-state index is 9.80. The molecule has 0 aliphatic carbocycles. The molecule has 0 aliphatic rings. The summed E-state index contributed by atoms with van der Waals surface area (Å²) in [6.45, 7) is 0. The topological polar surface area (TPSA) is 104 Å². The van der Waals surface area contributed by atoms with Crippen molar-refractivity contribution in [3.05, 3.63) is 5.73 Å². The predicted molar refractivity (Wildman–Crippen MR) is 27.4 cm³/mol. The molecule has 0 heterocycles. The van der Waals surface area contributed by atoms with Gasteiger partial charge in [-0.15, -0.1) is 0 Å². The van der Waals surface area contributed by atoms with Crippen LogP contribution in [0.1, 0.15) is 12.8 Å². The maximum atomic E-state index is 9.80. The van der Waals surface area contributed by atoms with Crippen molar-refractivity contribution in [2.45, 2.75) is 18.9 Å². The van der Waals surface area contributed by atoms with Crippen molar-refractivity contribution in [1.29, 1.82) is 0 Å². The Labute approximate surface area is 74.0 Å². The molecule has 0 aliphatic heterocycles. The van der Waals surface area contributed by atoms with Gasteiger partial charge in [0.15, 0.2) is 0 Å². The fraction of sp³-hybridized carbons (Fsp3) is 0.600. The zero-order valence-corrected chi connectivity index (χ0v) is 6.37. The average molecular weight is 208 g/mol. The third kappa shape index (κ3) is 7.31. The molecule has 1 radical (unpaired) electrons. The Hall–Kier alpha value is -0.581. The van der Waals surface area contributed by atoms with E-state index in [0.29, 0.717) is 0 Å². The molecule has 1 N–H and O–H groups in total. The Morgan fingerprint density at radius 3 is 2.09 bits per heavy atom. The molecule has 0 bridgehead atoms. The summed E-state index contributed by atoms with van der Waals surface area (Å²) >= 11 is 0. The smallest absolute Gasteiger partial charge is 0.670 e. The van der Waals surface area contributed by atoms with Crippen LogP contribution in [0, 0.1) is 0 Å². The van der Waals surface area contributed by atoms with E-state index in [1.165, 1.54) is 0 Å². The summed E-state index contributed by atoms with van der Waals surface area (Å²) in [5, 5.41) is 19.5. The van der Waals surface area contributed by atoms with Gasteiger partial charge in [0, 0.05) is 11.9 Å². The molecular formula is C5H6CuNO4-. The number of nitrogens with one attached hydrogen (secondary N) is 1. The van der Waals surface area contributed by atoms with E-state index in [-0.39, 0.29) is 23.5 Å². The minimum Gasteiger partial charge on any atom is -0.670 e. The molecule has 6 heteroatoms. The first-order valence-corrected chi connectivity index (χ1v) is 2.66. The first-order chi connectivity index (χ1) is 4.54. The van der Waals surface area contributed by atoms with Crippen molar-refractivity contribution < 1.29 is 36.9 Å². The number of carbonyl (C=O) groups is 2. The minimum atomic E-state index is -1.55. The first kappa shape index (κ1) is 13.0. The third-order valence-corrected chi connectivity index (χ3v) is 0.922. The number of carboxylic acids is 2. The molecule has 67 valence electrons. The van der Waals surface area contributed by atoms with Gasteiger partial charge < -0.3 is 25.5 Å². The van der Waals surface area contributed by atoms with Gasteiger partial charge >= 0.3 is 17.1 Å². The summed E-state index contributed by atoms with van der Waals surface area (Å²) in [6.07, 6.45) is -0.674. The Morgan fingerprint density at radius 2 is 1.82 bits per heavy atom. The van der Waals surface area contributed by atoms with E-state index in [9.17, 15) is 19.8 Å². The van der Waals surface area contributed by atoms with Crippen molar-refractivity contribution in [2.24, 2.45) is 0 Å². The fourth-order valence-electron chi connectivity index (χ4n) is 0.380. The molecule has 0 spiro atoms. The zero-order valence-electron chi connectivity index (χ0n) is 5.43. The molecule has 1 atom stereocenters. The Balaban J connectivity index is 0. The van der Waals surface area contributed by atoms with Gasteiger partial charge in [-0.1, -0.05) is 12.5 Å². The Morgan fingerprint density at radius 1 is 1.36 bits per heavy atom. The normalized spacial score (nSPS) is 11.4. The molecule has 0 saturated heterocycles. The van der Waals surface area contributed by atoms with Crippen LogP contribution in [0.2, 0.25) is 0 Å². The molecule has 11 heavy (non-hydrogen) atoms. The van der Waals surface area contributed by atoms with Gasteiger partial charge in [-0.3, -0.25) is 0 Å². The van der Waals surface area contributed by atoms with Gasteiger partial charge in [-0.25, -0.2) is 0 Å². The van der Waals surface area contributed by atoms with Crippen LogP contribution in [0.4, 0.5) is 0 Å². The monoisotopic (exact) mass is 207 g/mol. The number of carboxylic acid groups (broad SMARTS) is 2. The number of hydrogen-bond donors (Lipinski definition) is 0. The van der Waals surface area contributed by atoms with Crippen molar-refractivity contribution in [1.82, 2.24) is 0 Å². The number of aliphatic carboxylic acids is 2. The standard InChI is InChI=1S/C5H8NO4.Cu/c6-3(5(9)10)1-2-4(7)8;/h3,6H,1-2H2,(H,7,8)(H,9,10);/q-1;+2/p-2/t3-;/m0./s1. The van der Waals surface area contributed by atoms with E-state index >= 15 is 0 Å². The summed E-state index contributed by atoms with van der Waals surface area (Å²) in [6, 6.07) is -1.46.